The van der Waals surface area contributed by atoms with Crippen molar-refractivity contribution in [3.8, 4) is 5.75 Å². The van der Waals surface area contributed by atoms with Gasteiger partial charge in [-0.1, -0.05) is 42.0 Å². The lowest BCUT2D eigenvalue weighted by atomic mass is 10.1. The summed E-state index contributed by atoms with van der Waals surface area (Å²) < 4.78 is 8.52. The van der Waals surface area contributed by atoms with Crippen LogP contribution in [0.25, 0.3) is 21.9 Å². The fourth-order valence-electron chi connectivity index (χ4n) is 4.19. The van der Waals surface area contributed by atoms with E-state index in [2.05, 4.69) is 10.3 Å². The highest BCUT2D eigenvalue weighted by Gasteiger charge is 2.19. The molecule has 170 valence electrons. The molecule has 0 aliphatic rings. The van der Waals surface area contributed by atoms with E-state index in [4.69, 9.17) is 4.74 Å². The summed E-state index contributed by atoms with van der Waals surface area (Å²) in [7, 11) is 1.59. The minimum Gasteiger partial charge on any atom is -0.497 e. The topological polar surface area (TPSA) is 78.2 Å². The normalized spacial score (nSPS) is 11.1. The number of aryl methyl sites for hydroxylation is 1. The van der Waals surface area contributed by atoms with E-state index in [1.165, 1.54) is 0 Å². The second-order valence-electron chi connectivity index (χ2n) is 8.24. The van der Waals surface area contributed by atoms with E-state index in [9.17, 15) is 9.59 Å². The van der Waals surface area contributed by atoms with Gasteiger partial charge in [0.15, 0.2) is 0 Å². The standard InChI is InChI=1S/C27H24N4O3/c1-18-8-13-23-22(14-18)25-26(27(33)30(17-28-25)15-19-6-4-3-5-7-19)31(23)16-24(32)29-20-9-11-21(34-2)12-10-20/h3-14,17H,15-16H2,1-2H3,(H,29,32). The number of amides is 1. The number of hydrogen-bond acceptors (Lipinski definition) is 4. The van der Waals surface area contributed by atoms with Gasteiger partial charge in [-0.05, 0) is 48.9 Å². The molecule has 7 heteroatoms. The third kappa shape index (κ3) is 4.03. The summed E-state index contributed by atoms with van der Waals surface area (Å²) in [5.74, 6) is 0.475. The molecule has 0 aliphatic heterocycles. The fraction of sp³-hybridized carbons (Fsp3) is 0.148. The second-order valence-corrected chi connectivity index (χ2v) is 8.24. The molecule has 0 atom stereocenters. The van der Waals surface area contributed by atoms with Crippen LogP contribution in [-0.4, -0.2) is 27.1 Å². The minimum atomic E-state index is -0.234. The van der Waals surface area contributed by atoms with Crippen LogP contribution in [0.5, 0.6) is 5.75 Å². The summed E-state index contributed by atoms with van der Waals surface area (Å²) in [4.78, 5) is 31.2. The Kier molecular flexibility index (Phi) is 5.59. The van der Waals surface area contributed by atoms with Crippen molar-refractivity contribution in [3.63, 3.8) is 0 Å². The molecule has 0 spiro atoms. The predicted octanol–water partition coefficient (Wildman–Crippen LogP) is 4.36. The van der Waals surface area contributed by atoms with E-state index in [-0.39, 0.29) is 18.0 Å². The molecule has 0 fully saturated rings. The lowest BCUT2D eigenvalue weighted by Crippen LogP contribution is -2.25. The average Bonchev–Trinajstić information content (AvgIpc) is 3.15. The molecule has 0 radical (unpaired) electrons. The Balaban J connectivity index is 1.57. The number of anilines is 1. The Morgan fingerprint density at radius 3 is 2.53 bits per heavy atom. The van der Waals surface area contributed by atoms with E-state index < -0.39 is 0 Å². The molecule has 2 aromatic heterocycles. The lowest BCUT2D eigenvalue weighted by Gasteiger charge is -2.10. The minimum absolute atomic E-state index is 0.0125. The molecule has 0 saturated carbocycles. The van der Waals surface area contributed by atoms with Gasteiger partial charge in [-0.2, -0.15) is 0 Å². The van der Waals surface area contributed by atoms with Gasteiger partial charge >= 0.3 is 0 Å². The van der Waals surface area contributed by atoms with Gasteiger partial charge in [0.05, 0.1) is 25.5 Å². The quantitative estimate of drug-likeness (QED) is 0.415. The number of nitrogens with one attached hydrogen (secondary N) is 1. The van der Waals surface area contributed by atoms with Crippen LogP contribution in [0.2, 0.25) is 0 Å². The number of hydrogen-bond donors (Lipinski definition) is 1. The van der Waals surface area contributed by atoms with Crippen molar-refractivity contribution in [2.24, 2.45) is 0 Å². The zero-order valence-electron chi connectivity index (χ0n) is 19.0. The van der Waals surface area contributed by atoms with E-state index in [1.54, 1.807) is 46.8 Å². The Bertz CT molecular complexity index is 1550. The van der Waals surface area contributed by atoms with Crippen LogP contribution in [0, 0.1) is 6.92 Å². The van der Waals surface area contributed by atoms with E-state index in [0.717, 1.165) is 22.0 Å². The summed E-state index contributed by atoms with van der Waals surface area (Å²) in [5.41, 5.74) is 4.36. The summed E-state index contributed by atoms with van der Waals surface area (Å²) in [5, 5.41) is 3.76. The molecule has 0 aliphatic carbocycles. The highest BCUT2D eigenvalue weighted by atomic mass is 16.5. The number of ether oxygens (including phenoxy) is 1. The molecule has 0 saturated heterocycles. The maximum Gasteiger partial charge on any atom is 0.278 e. The van der Waals surface area contributed by atoms with Crippen LogP contribution < -0.4 is 15.6 Å². The Labute approximate surface area is 196 Å². The molecular formula is C27H24N4O3. The smallest absolute Gasteiger partial charge is 0.278 e. The molecular weight excluding hydrogens is 428 g/mol. The summed E-state index contributed by atoms with van der Waals surface area (Å²) in [6.07, 6.45) is 1.58. The molecule has 3 aromatic carbocycles. The van der Waals surface area contributed by atoms with Gasteiger partial charge in [0, 0.05) is 11.1 Å². The molecule has 1 amide bonds. The van der Waals surface area contributed by atoms with Crippen molar-refractivity contribution in [3.05, 3.63) is 101 Å². The van der Waals surface area contributed by atoms with Gasteiger partial charge < -0.3 is 14.6 Å². The van der Waals surface area contributed by atoms with E-state index >= 15 is 0 Å². The monoisotopic (exact) mass is 452 g/mol. The van der Waals surface area contributed by atoms with Gasteiger partial charge in [0.2, 0.25) is 5.91 Å². The fourth-order valence-corrected chi connectivity index (χ4v) is 4.19. The summed E-state index contributed by atoms with van der Waals surface area (Å²) in [6, 6.07) is 22.8. The number of carbonyl (C=O) groups is 1. The molecule has 2 heterocycles. The number of nitrogens with zero attached hydrogens (tertiary/aromatic N) is 3. The van der Waals surface area contributed by atoms with Gasteiger partial charge in [-0.3, -0.25) is 14.2 Å². The van der Waals surface area contributed by atoms with Crippen molar-refractivity contribution >= 4 is 33.5 Å². The molecule has 0 bridgehead atoms. The number of fused-ring (bicyclic) bond motifs is 3. The van der Waals surface area contributed by atoms with Gasteiger partial charge in [-0.15, -0.1) is 0 Å². The SMILES string of the molecule is COc1ccc(NC(=O)Cn2c3ccc(C)cc3c3ncn(Cc4ccccc4)c(=O)c32)cc1. The lowest BCUT2D eigenvalue weighted by molar-refractivity contribution is -0.116. The highest BCUT2D eigenvalue weighted by Crippen LogP contribution is 2.27. The van der Waals surface area contributed by atoms with E-state index in [1.807, 2.05) is 55.5 Å². The molecule has 1 N–H and O–H groups in total. The third-order valence-electron chi connectivity index (χ3n) is 5.85. The van der Waals surface area contributed by atoms with Crippen LogP contribution in [0.4, 0.5) is 5.69 Å². The van der Waals surface area contributed by atoms with Crippen molar-refractivity contribution in [2.45, 2.75) is 20.0 Å². The van der Waals surface area contributed by atoms with Crippen LogP contribution in [0.3, 0.4) is 0 Å². The maximum absolute atomic E-state index is 13.6. The van der Waals surface area contributed by atoms with Crippen LogP contribution >= 0.6 is 0 Å². The molecule has 0 unspecified atom stereocenters. The second kappa shape index (κ2) is 8.86. The highest BCUT2D eigenvalue weighted by molar-refractivity contribution is 6.06. The number of carbonyl (C=O) groups excluding carboxylic acids is 1. The van der Waals surface area contributed by atoms with E-state index in [0.29, 0.717) is 29.0 Å². The Morgan fingerprint density at radius 1 is 1.03 bits per heavy atom. The summed E-state index contributed by atoms with van der Waals surface area (Å²) in [6.45, 7) is 2.39. The maximum atomic E-state index is 13.6. The molecule has 7 nitrogen and oxygen atoms in total. The van der Waals surface area contributed by atoms with Crippen molar-refractivity contribution < 1.29 is 9.53 Å². The third-order valence-corrected chi connectivity index (χ3v) is 5.85. The van der Waals surface area contributed by atoms with Crippen molar-refractivity contribution in [1.82, 2.24) is 14.1 Å². The Hall–Kier alpha value is -4.39. The first-order chi connectivity index (χ1) is 16.5. The zero-order chi connectivity index (χ0) is 23.7. The zero-order valence-corrected chi connectivity index (χ0v) is 19.0. The molecule has 34 heavy (non-hydrogen) atoms. The predicted molar refractivity (Wildman–Crippen MR) is 133 cm³/mol. The van der Waals surface area contributed by atoms with Crippen molar-refractivity contribution in [1.29, 1.82) is 0 Å². The largest absolute Gasteiger partial charge is 0.497 e. The Morgan fingerprint density at radius 2 is 1.79 bits per heavy atom. The number of methoxy groups -OCH3 is 1. The molecule has 5 rings (SSSR count). The van der Waals surface area contributed by atoms with Crippen molar-refractivity contribution in [2.75, 3.05) is 12.4 Å². The first-order valence-corrected chi connectivity index (χ1v) is 11.0. The van der Waals surface area contributed by atoms with Gasteiger partial charge in [-0.25, -0.2) is 4.98 Å². The van der Waals surface area contributed by atoms with Gasteiger partial charge in [0.25, 0.3) is 5.56 Å². The number of aromatic nitrogens is 3. The first kappa shape index (κ1) is 21.5. The number of benzene rings is 3. The van der Waals surface area contributed by atoms with Crippen LogP contribution in [0.15, 0.2) is 83.9 Å². The number of rotatable bonds is 6. The van der Waals surface area contributed by atoms with Crippen LogP contribution in [0.1, 0.15) is 11.1 Å². The van der Waals surface area contributed by atoms with Crippen LogP contribution in [-0.2, 0) is 17.9 Å². The summed E-state index contributed by atoms with van der Waals surface area (Å²) >= 11 is 0. The van der Waals surface area contributed by atoms with Gasteiger partial charge in [0.1, 0.15) is 23.3 Å². The first-order valence-electron chi connectivity index (χ1n) is 11.0. The average molecular weight is 453 g/mol. The molecule has 5 aromatic rings.